The summed E-state index contributed by atoms with van der Waals surface area (Å²) in [6.07, 6.45) is 2.10. The maximum absolute atomic E-state index is 13.5. The largest absolute Gasteiger partial charge is 0.342 e. The summed E-state index contributed by atoms with van der Waals surface area (Å²) in [5.41, 5.74) is 3.58. The number of carbonyl (C=O) groups excluding carboxylic acids is 1. The average Bonchev–Trinajstić information content (AvgIpc) is 3.35. The molecule has 1 aliphatic heterocycles. The highest BCUT2D eigenvalue weighted by Gasteiger charge is 2.29. The van der Waals surface area contributed by atoms with Crippen molar-refractivity contribution in [3.8, 4) is 11.4 Å². The van der Waals surface area contributed by atoms with E-state index in [2.05, 4.69) is 29.1 Å². The van der Waals surface area contributed by atoms with Crippen LogP contribution in [0.25, 0.3) is 11.4 Å². The Morgan fingerprint density at radius 1 is 1.31 bits per heavy atom. The number of hydrogen-bond acceptors (Lipinski definition) is 5. The first-order valence-electron chi connectivity index (χ1n) is 11.2. The molecule has 1 saturated heterocycles. The Kier molecular flexibility index (Phi) is 6.39. The Bertz CT molecular complexity index is 1100. The molecule has 0 aliphatic carbocycles. The topological polar surface area (TPSA) is 77.1 Å². The maximum atomic E-state index is 13.5. The van der Waals surface area contributed by atoms with Crippen molar-refractivity contribution < 1.29 is 13.7 Å². The summed E-state index contributed by atoms with van der Waals surface area (Å²) in [5, 5.41) is 8.66. The Labute approximate surface area is 187 Å². The Hall–Kier alpha value is -3.03. The smallest absolute Gasteiger partial charge is 0.231 e. The van der Waals surface area contributed by atoms with Gasteiger partial charge < -0.3 is 9.42 Å². The summed E-state index contributed by atoms with van der Waals surface area (Å²) in [7, 11) is 0. The molecule has 1 atom stereocenters. The van der Waals surface area contributed by atoms with E-state index >= 15 is 0 Å². The number of nitrogens with zero attached hydrogens (tertiary/aromatic N) is 5. The zero-order valence-electron chi connectivity index (χ0n) is 19.1. The lowest BCUT2D eigenvalue weighted by Gasteiger charge is -2.31. The van der Waals surface area contributed by atoms with Crippen molar-refractivity contribution in [2.75, 3.05) is 13.1 Å². The molecule has 3 aromatic rings. The SMILES string of the molecule is Cc1nn(CC(C)C)c(C)c1CC(=O)N1CCCC(c2nc(-c3cccc(F)c3)no2)C1. The lowest BCUT2D eigenvalue weighted by Crippen LogP contribution is -2.40. The molecule has 1 aliphatic rings. The van der Waals surface area contributed by atoms with Gasteiger partial charge in [-0.2, -0.15) is 10.1 Å². The molecule has 0 radical (unpaired) electrons. The van der Waals surface area contributed by atoms with Crippen LogP contribution < -0.4 is 0 Å². The second-order valence-corrected chi connectivity index (χ2v) is 9.05. The predicted molar refractivity (Wildman–Crippen MR) is 118 cm³/mol. The predicted octanol–water partition coefficient (Wildman–Crippen LogP) is 4.29. The van der Waals surface area contributed by atoms with Gasteiger partial charge in [-0.25, -0.2) is 4.39 Å². The summed E-state index contributed by atoms with van der Waals surface area (Å²) < 4.78 is 21.0. The number of amides is 1. The van der Waals surface area contributed by atoms with E-state index in [0.29, 0.717) is 36.2 Å². The number of halogens is 1. The van der Waals surface area contributed by atoms with Gasteiger partial charge >= 0.3 is 0 Å². The number of rotatable bonds is 6. The molecule has 1 fully saturated rings. The van der Waals surface area contributed by atoms with Gasteiger partial charge in [0.05, 0.1) is 18.0 Å². The van der Waals surface area contributed by atoms with Crippen LogP contribution in [0.4, 0.5) is 4.39 Å². The number of aryl methyl sites for hydroxylation is 1. The number of likely N-dealkylation sites (tertiary alicyclic amines) is 1. The summed E-state index contributed by atoms with van der Waals surface area (Å²) in [6, 6.07) is 6.13. The molecule has 7 nitrogen and oxygen atoms in total. The van der Waals surface area contributed by atoms with Crippen LogP contribution in [0, 0.1) is 25.6 Å². The van der Waals surface area contributed by atoms with Gasteiger partial charge in [-0.3, -0.25) is 9.48 Å². The molecule has 1 amide bonds. The van der Waals surface area contributed by atoms with E-state index in [4.69, 9.17) is 4.52 Å². The third-order valence-electron chi connectivity index (χ3n) is 6.05. The van der Waals surface area contributed by atoms with Crippen molar-refractivity contribution in [2.45, 2.75) is 59.4 Å². The molecule has 0 N–H and O–H groups in total. The summed E-state index contributed by atoms with van der Waals surface area (Å²) in [6.45, 7) is 10.4. The van der Waals surface area contributed by atoms with Gasteiger partial charge in [-0.05, 0) is 44.7 Å². The van der Waals surface area contributed by atoms with Crippen molar-refractivity contribution in [3.63, 3.8) is 0 Å². The first-order chi connectivity index (χ1) is 15.3. The fraction of sp³-hybridized carbons (Fsp3) is 0.500. The maximum Gasteiger partial charge on any atom is 0.231 e. The Balaban J connectivity index is 1.44. The van der Waals surface area contributed by atoms with E-state index in [9.17, 15) is 9.18 Å². The van der Waals surface area contributed by atoms with Gasteiger partial charge in [-0.15, -0.1) is 0 Å². The van der Waals surface area contributed by atoms with Crippen LogP contribution in [-0.2, 0) is 17.8 Å². The fourth-order valence-corrected chi connectivity index (χ4v) is 4.33. The number of hydrogen-bond donors (Lipinski definition) is 0. The third-order valence-corrected chi connectivity index (χ3v) is 6.05. The molecule has 8 heteroatoms. The Morgan fingerprint density at radius 3 is 2.88 bits per heavy atom. The van der Waals surface area contributed by atoms with Crippen LogP contribution in [0.5, 0.6) is 0 Å². The molecular weight excluding hydrogens is 409 g/mol. The average molecular weight is 440 g/mol. The number of carbonyl (C=O) groups is 1. The van der Waals surface area contributed by atoms with Crippen LogP contribution >= 0.6 is 0 Å². The van der Waals surface area contributed by atoms with Crippen LogP contribution in [0.15, 0.2) is 28.8 Å². The highest BCUT2D eigenvalue weighted by molar-refractivity contribution is 5.79. The number of piperidine rings is 1. The first-order valence-corrected chi connectivity index (χ1v) is 11.2. The van der Waals surface area contributed by atoms with Crippen LogP contribution in [0.2, 0.25) is 0 Å². The molecule has 4 rings (SSSR count). The van der Waals surface area contributed by atoms with Gasteiger partial charge in [0.15, 0.2) is 0 Å². The molecule has 1 unspecified atom stereocenters. The van der Waals surface area contributed by atoms with E-state index in [-0.39, 0.29) is 17.6 Å². The highest BCUT2D eigenvalue weighted by atomic mass is 19.1. The van der Waals surface area contributed by atoms with Crippen molar-refractivity contribution >= 4 is 5.91 Å². The second-order valence-electron chi connectivity index (χ2n) is 9.05. The number of benzene rings is 1. The molecule has 3 heterocycles. The van der Waals surface area contributed by atoms with E-state index in [1.54, 1.807) is 12.1 Å². The molecule has 1 aromatic carbocycles. The zero-order valence-corrected chi connectivity index (χ0v) is 19.1. The fourth-order valence-electron chi connectivity index (χ4n) is 4.33. The van der Waals surface area contributed by atoms with Crippen molar-refractivity contribution in [1.82, 2.24) is 24.8 Å². The quantitative estimate of drug-likeness (QED) is 0.573. The van der Waals surface area contributed by atoms with E-state index in [1.807, 2.05) is 23.4 Å². The summed E-state index contributed by atoms with van der Waals surface area (Å²) in [4.78, 5) is 19.5. The standard InChI is InChI=1S/C24H30FN5O2/c1-15(2)13-30-17(4)21(16(3)27-30)12-22(31)29-10-6-8-19(14-29)24-26-23(28-32-24)18-7-5-9-20(25)11-18/h5,7,9,11,15,19H,6,8,10,12-14H2,1-4H3. The van der Waals surface area contributed by atoms with Crippen LogP contribution in [0.3, 0.4) is 0 Å². The molecule has 2 aromatic heterocycles. The number of aromatic nitrogens is 4. The van der Waals surface area contributed by atoms with Gasteiger partial charge in [0, 0.05) is 36.5 Å². The lowest BCUT2D eigenvalue weighted by atomic mass is 9.97. The van der Waals surface area contributed by atoms with E-state index in [0.717, 1.165) is 42.9 Å². The molecule has 0 spiro atoms. The van der Waals surface area contributed by atoms with Gasteiger partial charge in [-0.1, -0.05) is 31.1 Å². The zero-order chi connectivity index (χ0) is 22.8. The molecule has 170 valence electrons. The normalized spacial score (nSPS) is 16.7. The van der Waals surface area contributed by atoms with Crippen molar-refractivity contribution in [1.29, 1.82) is 0 Å². The molecule has 0 bridgehead atoms. The second kappa shape index (κ2) is 9.22. The summed E-state index contributed by atoms with van der Waals surface area (Å²) in [5.74, 6) is 1.09. The van der Waals surface area contributed by atoms with Crippen molar-refractivity contribution in [3.05, 3.63) is 52.9 Å². The van der Waals surface area contributed by atoms with Gasteiger partial charge in [0.25, 0.3) is 0 Å². The lowest BCUT2D eigenvalue weighted by molar-refractivity contribution is -0.131. The van der Waals surface area contributed by atoms with E-state index < -0.39 is 0 Å². The summed E-state index contributed by atoms with van der Waals surface area (Å²) >= 11 is 0. The van der Waals surface area contributed by atoms with Crippen molar-refractivity contribution in [2.24, 2.45) is 5.92 Å². The molecular formula is C24H30FN5O2. The minimum absolute atomic E-state index is 0.0200. The molecule has 32 heavy (non-hydrogen) atoms. The third kappa shape index (κ3) is 4.74. The van der Waals surface area contributed by atoms with Crippen LogP contribution in [-0.4, -0.2) is 43.8 Å². The van der Waals surface area contributed by atoms with Gasteiger partial charge in [0.2, 0.25) is 17.6 Å². The van der Waals surface area contributed by atoms with Gasteiger partial charge in [0.1, 0.15) is 5.82 Å². The minimum atomic E-state index is -0.342. The minimum Gasteiger partial charge on any atom is -0.342 e. The molecule has 0 saturated carbocycles. The van der Waals surface area contributed by atoms with E-state index in [1.165, 1.54) is 12.1 Å². The first kappa shape index (κ1) is 22.2. The Morgan fingerprint density at radius 2 is 2.12 bits per heavy atom. The monoisotopic (exact) mass is 439 g/mol. The highest BCUT2D eigenvalue weighted by Crippen LogP contribution is 2.28. The van der Waals surface area contributed by atoms with Crippen LogP contribution in [0.1, 0.15) is 55.4 Å².